The average molecular weight is 317 g/mol. The summed E-state index contributed by atoms with van der Waals surface area (Å²) in [5.74, 6) is -0.258. The van der Waals surface area contributed by atoms with Crippen LogP contribution in [0.4, 0.5) is 0 Å². The Morgan fingerprint density at radius 2 is 2.18 bits per heavy atom. The third kappa shape index (κ3) is 4.53. The highest BCUT2D eigenvalue weighted by Gasteiger charge is 2.10. The van der Waals surface area contributed by atoms with Gasteiger partial charge in [-0.25, -0.2) is 0 Å². The van der Waals surface area contributed by atoms with E-state index in [1.807, 2.05) is 42.6 Å². The molecule has 1 aromatic heterocycles. The SMILES string of the molecule is Cc1ccccc1C(O)CNC(=O)/C=C/c1cc(CO)cs1. The Balaban J connectivity index is 1.86. The van der Waals surface area contributed by atoms with Crippen molar-refractivity contribution in [3.8, 4) is 0 Å². The Bertz CT molecular complexity index is 663. The molecule has 22 heavy (non-hydrogen) atoms. The molecular weight excluding hydrogens is 298 g/mol. The number of hydrogen-bond acceptors (Lipinski definition) is 4. The van der Waals surface area contributed by atoms with E-state index < -0.39 is 6.10 Å². The molecule has 0 bridgehead atoms. The van der Waals surface area contributed by atoms with E-state index >= 15 is 0 Å². The molecule has 1 aromatic carbocycles. The zero-order chi connectivity index (χ0) is 15.9. The molecule has 1 heterocycles. The number of thiophene rings is 1. The normalized spacial score (nSPS) is 12.5. The quantitative estimate of drug-likeness (QED) is 0.717. The molecule has 1 unspecified atom stereocenters. The Morgan fingerprint density at radius 1 is 1.41 bits per heavy atom. The number of benzene rings is 1. The number of amides is 1. The molecule has 0 fully saturated rings. The van der Waals surface area contributed by atoms with Crippen molar-refractivity contribution in [2.45, 2.75) is 19.6 Å². The second-order valence-corrected chi connectivity index (χ2v) is 5.91. The van der Waals surface area contributed by atoms with Crippen LogP contribution in [0, 0.1) is 6.92 Å². The third-order valence-electron chi connectivity index (χ3n) is 3.27. The van der Waals surface area contributed by atoms with Crippen molar-refractivity contribution < 1.29 is 15.0 Å². The van der Waals surface area contributed by atoms with Crippen LogP contribution in [-0.4, -0.2) is 22.7 Å². The van der Waals surface area contributed by atoms with Crippen LogP contribution in [0.25, 0.3) is 6.08 Å². The van der Waals surface area contributed by atoms with Crippen LogP contribution in [0.5, 0.6) is 0 Å². The van der Waals surface area contributed by atoms with Gasteiger partial charge in [0.25, 0.3) is 0 Å². The van der Waals surface area contributed by atoms with Crippen LogP contribution in [0.1, 0.15) is 27.7 Å². The first-order chi connectivity index (χ1) is 10.6. The number of carbonyl (C=O) groups is 1. The summed E-state index contributed by atoms with van der Waals surface area (Å²) in [5, 5.41) is 23.6. The van der Waals surface area contributed by atoms with Gasteiger partial charge in [-0.2, -0.15) is 0 Å². The van der Waals surface area contributed by atoms with Crippen LogP contribution in [0.2, 0.25) is 0 Å². The summed E-state index contributed by atoms with van der Waals surface area (Å²) in [7, 11) is 0. The average Bonchev–Trinajstić information content (AvgIpc) is 2.99. The van der Waals surface area contributed by atoms with Crippen molar-refractivity contribution in [1.82, 2.24) is 5.32 Å². The molecule has 1 amide bonds. The minimum absolute atomic E-state index is 0.000838. The Morgan fingerprint density at radius 3 is 2.86 bits per heavy atom. The van der Waals surface area contributed by atoms with Gasteiger partial charge >= 0.3 is 0 Å². The number of nitrogens with one attached hydrogen (secondary N) is 1. The van der Waals surface area contributed by atoms with Crippen molar-refractivity contribution in [2.75, 3.05) is 6.54 Å². The second-order valence-electron chi connectivity index (χ2n) is 4.97. The lowest BCUT2D eigenvalue weighted by Gasteiger charge is -2.13. The zero-order valence-electron chi connectivity index (χ0n) is 12.3. The standard InChI is InChI=1S/C17H19NO3S/c1-12-4-2-3-5-15(12)16(20)9-18-17(21)7-6-14-8-13(10-19)11-22-14/h2-8,11,16,19-20H,9-10H2,1H3,(H,18,21)/b7-6+. The molecule has 0 aliphatic rings. The van der Waals surface area contributed by atoms with Gasteiger partial charge in [0, 0.05) is 17.5 Å². The number of aliphatic hydroxyl groups is 2. The van der Waals surface area contributed by atoms with E-state index in [1.54, 1.807) is 6.08 Å². The van der Waals surface area contributed by atoms with E-state index in [9.17, 15) is 9.90 Å². The Kier molecular flexibility index (Phi) is 5.89. The highest BCUT2D eigenvalue weighted by molar-refractivity contribution is 7.11. The molecular formula is C17H19NO3S. The van der Waals surface area contributed by atoms with Crippen molar-refractivity contribution in [2.24, 2.45) is 0 Å². The van der Waals surface area contributed by atoms with Crippen LogP contribution in [-0.2, 0) is 11.4 Å². The molecule has 4 nitrogen and oxygen atoms in total. The largest absolute Gasteiger partial charge is 0.392 e. The van der Waals surface area contributed by atoms with E-state index in [-0.39, 0.29) is 19.1 Å². The van der Waals surface area contributed by atoms with Crippen LogP contribution >= 0.6 is 11.3 Å². The molecule has 0 spiro atoms. The van der Waals surface area contributed by atoms with E-state index in [4.69, 9.17) is 5.11 Å². The van der Waals surface area contributed by atoms with Crippen molar-refractivity contribution in [1.29, 1.82) is 0 Å². The van der Waals surface area contributed by atoms with Gasteiger partial charge in [-0.1, -0.05) is 24.3 Å². The minimum Gasteiger partial charge on any atom is -0.392 e. The van der Waals surface area contributed by atoms with Crippen LogP contribution in [0.3, 0.4) is 0 Å². The molecule has 0 saturated heterocycles. The van der Waals surface area contributed by atoms with Crippen molar-refractivity contribution in [3.05, 3.63) is 63.4 Å². The maximum absolute atomic E-state index is 11.8. The van der Waals surface area contributed by atoms with Crippen molar-refractivity contribution in [3.63, 3.8) is 0 Å². The van der Waals surface area contributed by atoms with Gasteiger partial charge in [-0.3, -0.25) is 4.79 Å². The topological polar surface area (TPSA) is 69.6 Å². The predicted molar refractivity (Wildman–Crippen MR) is 88.4 cm³/mol. The summed E-state index contributed by atoms with van der Waals surface area (Å²) < 4.78 is 0. The smallest absolute Gasteiger partial charge is 0.244 e. The summed E-state index contributed by atoms with van der Waals surface area (Å²) in [6.45, 7) is 2.09. The number of aryl methyl sites for hydroxylation is 1. The number of rotatable bonds is 6. The highest BCUT2D eigenvalue weighted by Crippen LogP contribution is 2.17. The molecule has 0 aliphatic carbocycles. The summed E-state index contributed by atoms with van der Waals surface area (Å²) >= 11 is 1.46. The number of carbonyl (C=O) groups excluding carboxylic acids is 1. The molecule has 2 aromatic rings. The molecule has 3 N–H and O–H groups in total. The van der Waals surface area contributed by atoms with E-state index in [0.717, 1.165) is 21.6 Å². The first kappa shape index (κ1) is 16.4. The zero-order valence-corrected chi connectivity index (χ0v) is 13.1. The summed E-state index contributed by atoms with van der Waals surface area (Å²) in [4.78, 5) is 12.7. The van der Waals surface area contributed by atoms with Gasteiger partial charge in [-0.05, 0) is 41.1 Å². The Hall–Kier alpha value is -1.95. The van der Waals surface area contributed by atoms with Crippen LogP contribution in [0.15, 0.2) is 41.8 Å². The van der Waals surface area contributed by atoms with Gasteiger partial charge in [0.15, 0.2) is 0 Å². The third-order valence-corrected chi connectivity index (χ3v) is 4.22. The summed E-state index contributed by atoms with van der Waals surface area (Å²) in [5.41, 5.74) is 2.65. The maximum Gasteiger partial charge on any atom is 0.244 e. The van der Waals surface area contributed by atoms with E-state index in [1.165, 1.54) is 17.4 Å². The monoisotopic (exact) mass is 317 g/mol. The highest BCUT2D eigenvalue weighted by atomic mass is 32.1. The van der Waals surface area contributed by atoms with E-state index in [0.29, 0.717) is 0 Å². The van der Waals surface area contributed by atoms with Crippen LogP contribution < -0.4 is 5.32 Å². The molecule has 1 atom stereocenters. The first-order valence-electron chi connectivity index (χ1n) is 6.98. The lowest BCUT2D eigenvalue weighted by atomic mass is 10.0. The number of hydrogen-bond donors (Lipinski definition) is 3. The lowest BCUT2D eigenvalue weighted by molar-refractivity contribution is -0.116. The maximum atomic E-state index is 11.8. The predicted octanol–water partition coefficient (Wildman–Crippen LogP) is 2.41. The molecule has 0 radical (unpaired) electrons. The fraction of sp³-hybridized carbons (Fsp3) is 0.235. The van der Waals surface area contributed by atoms with E-state index in [2.05, 4.69) is 5.32 Å². The van der Waals surface area contributed by atoms with Gasteiger partial charge < -0.3 is 15.5 Å². The first-order valence-corrected chi connectivity index (χ1v) is 7.86. The molecule has 5 heteroatoms. The van der Waals surface area contributed by atoms with Crippen molar-refractivity contribution >= 4 is 23.3 Å². The lowest BCUT2D eigenvalue weighted by Crippen LogP contribution is -2.26. The molecule has 0 saturated carbocycles. The fourth-order valence-corrected chi connectivity index (χ4v) is 2.85. The van der Waals surface area contributed by atoms with Gasteiger partial charge in [-0.15, -0.1) is 11.3 Å². The molecule has 116 valence electrons. The van der Waals surface area contributed by atoms with Gasteiger partial charge in [0.1, 0.15) is 0 Å². The molecule has 2 rings (SSSR count). The van der Waals surface area contributed by atoms with Gasteiger partial charge in [0.2, 0.25) is 5.91 Å². The summed E-state index contributed by atoms with van der Waals surface area (Å²) in [6, 6.07) is 9.38. The number of aliphatic hydroxyl groups excluding tert-OH is 2. The fourth-order valence-electron chi connectivity index (χ4n) is 2.05. The second kappa shape index (κ2) is 7.89. The summed E-state index contributed by atoms with van der Waals surface area (Å²) in [6.07, 6.45) is 2.40. The van der Waals surface area contributed by atoms with Gasteiger partial charge in [0.05, 0.1) is 12.7 Å². The molecule has 0 aliphatic heterocycles. The minimum atomic E-state index is -0.721. The Labute approximate surface area is 133 Å².